The van der Waals surface area contributed by atoms with Crippen molar-refractivity contribution in [1.82, 2.24) is 4.90 Å². The van der Waals surface area contributed by atoms with Crippen molar-refractivity contribution >= 4 is 10.8 Å². The second-order valence-electron chi connectivity index (χ2n) is 7.62. The lowest BCUT2D eigenvalue weighted by Crippen LogP contribution is -2.37. The molecule has 0 saturated heterocycles. The fourth-order valence-electron chi connectivity index (χ4n) is 3.02. The average molecular weight is 317 g/mol. The van der Waals surface area contributed by atoms with Crippen LogP contribution in [0.15, 0.2) is 66.7 Å². The van der Waals surface area contributed by atoms with E-state index < -0.39 is 0 Å². The van der Waals surface area contributed by atoms with Crippen LogP contribution in [-0.4, -0.2) is 17.5 Å². The number of fused-ring (bicyclic) bond motifs is 1. The number of benzene rings is 3. The standard InChI is InChI=1S/C23H27N/c1-23(2,3)24(4)17-20-15-14-19(16-18-10-6-5-7-11-18)21-12-8-9-13-22(20)21/h5-15H,16-17H2,1-4H3. The van der Waals surface area contributed by atoms with Crippen molar-refractivity contribution in [2.75, 3.05) is 7.05 Å². The minimum absolute atomic E-state index is 0.170. The van der Waals surface area contributed by atoms with Gasteiger partial charge in [-0.15, -0.1) is 0 Å². The molecule has 0 heterocycles. The summed E-state index contributed by atoms with van der Waals surface area (Å²) in [6, 6.07) is 24.1. The fourth-order valence-corrected chi connectivity index (χ4v) is 3.02. The Morgan fingerprint density at radius 3 is 1.88 bits per heavy atom. The van der Waals surface area contributed by atoms with Gasteiger partial charge in [-0.1, -0.05) is 66.7 Å². The lowest BCUT2D eigenvalue weighted by atomic mass is 9.94. The Bertz CT molecular complexity index is 812. The van der Waals surface area contributed by atoms with Crippen molar-refractivity contribution in [3.05, 3.63) is 83.4 Å². The molecule has 0 radical (unpaired) electrons. The molecule has 0 saturated carbocycles. The van der Waals surface area contributed by atoms with Gasteiger partial charge >= 0.3 is 0 Å². The van der Waals surface area contributed by atoms with Crippen molar-refractivity contribution in [3.8, 4) is 0 Å². The molecule has 0 N–H and O–H groups in total. The van der Waals surface area contributed by atoms with Gasteiger partial charge in [0.2, 0.25) is 0 Å². The summed E-state index contributed by atoms with van der Waals surface area (Å²) >= 11 is 0. The first-order valence-corrected chi connectivity index (χ1v) is 8.70. The number of hydrogen-bond donors (Lipinski definition) is 0. The maximum Gasteiger partial charge on any atom is 0.0242 e. The van der Waals surface area contributed by atoms with Gasteiger partial charge in [0.1, 0.15) is 0 Å². The van der Waals surface area contributed by atoms with E-state index >= 15 is 0 Å². The molecule has 0 spiro atoms. The van der Waals surface area contributed by atoms with Crippen LogP contribution in [0, 0.1) is 0 Å². The second kappa shape index (κ2) is 6.78. The normalized spacial score (nSPS) is 12.0. The van der Waals surface area contributed by atoms with Crippen LogP contribution < -0.4 is 0 Å². The molecule has 0 atom stereocenters. The van der Waals surface area contributed by atoms with Crippen molar-refractivity contribution in [2.24, 2.45) is 0 Å². The molecule has 0 aliphatic heterocycles. The minimum Gasteiger partial charge on any atom is -0.297 e. The third-order valence-electron chi connectivity index (χ3n) is 4.89. The number of hydrogen-bond acceptors (Lipinski definition) is 1. The van der Waals surface area contributed by atoms with E-state index in [0.29, 0.717) is 0 Å². The first-order chi connectivity index (χ1) is 11.4. The first kappa shape index (κ1) is 16.7. The summed E-state index contributed by atoms with van der Waals surface area (Å²) in [5, 5.41) is 2.75. The number of rotatable bonds is 4. The van der Waals surface area contributed by atoms with Gasteiger partial charge in [0.05, 0.1) is 0 Å². The van der Waals surface area contributed by atoms with E-state index in [1.807, 2.05) is 0 Å². The van der Waals surface area contributed by atoms with E-state index in [1.165, 1.54) is 27.5 Å². The van der Waals surface area contributed by atoms with Gasteiger partial charge in [-0.3, -0.25) is 4.90 Å². The molecule has 3 rings (SSSR count). The van der Waals surface area contributed by atoms with Crippen LogP contribution >= 0.6 is 0 Å². The predicted molar refractivity (Wildman–Crippen MR) is 104 cm³/mol. The first-order valence-electron chi connectivity index (χ1n) is 8.70. The monoisotopic (exact) mass is 317 g/mol. The molecule has 3 aromatic carbocycles. The zero-order valence-electron chi connectivity index (χ0n) is 15.2. The molecule has 0 aliphatic carbocycles. The molecule has 0 fully saturated rings. The lowest BCUT2D eigenvalue weighted by molar-refractivity contribution is 0.168. The molecule has 0 amide bonds. The summed E-state index contributed by atoms with van der Waals surface area (Å²) in [5.41, 5.74) is 4.34. The zero-order chi connectivity index (χ0) is 17.2. The van der Waals surface area contributed by atoms with Crippen LogP contribution in [0.3, 0.4) is 0 Å². The van der Waals surface area contributed by atoms with Gasteiger partial charge < -0.3 is 0 Å². The Hall–Kier alpha value is -2.12. The van der Waals surface area contributed by atoms with Crippen LogP contribution in [0.5, 0.6) is 0 Å². The molecule has 124 valence electrons. The molecular weight excluding hydrogens is 290 g/mol. The molecule has 1 heteroatoms. The molecule has 0 unspecified atom stereocenters. The van der Waals surface area contributed by atoms with Gasteiger partial charge in [0.25, 0.3) is 0 Å². The summed E-state index contributed by atoms with van der Waals surface area (Å²) in [6.07, 6.45) is 0.983. The molecular formula is C23H27N. The van der Waals surface area contributed by atoms with E-state index in [9.17, 15) is 0 Å². The Labute approximate surface area is 145 Å². The number of nitrogens with zero attached hydrogens (tertiary/aromatic N) is 1. The topological polar surface area (TPSA) is 3.24 Å². The van der Waals surface area contributed by atoms with Crippen LogP contribution in [-0.2, 0) is 13.0 Å². The summed E-state index contributed by atoms with van der Waals surface area (Å²) < 4.78 is 0. The smallest absolute Gasteiger partial charge is 0.0242 e. The molecule has 3 aromatic rings. The Morgan fingerprint density at radius 1 is 0.708 bits per heavy atom. The van der Waals surface area contributed by atoms with Crippen molar-refractivity contribution in [2.45, 2.75) is 39.3 Å². The van der Waals surface area contributed by atoms with Gasteiger partial charge in [-0.05, 0) is 61.7 Å². The van der Waals surface area contributed by atoms with Crippen molar-refractivity contribution in [1.29, 1.82) is 0 Å². The van der Waals surface area contributed by atoms with E-state index in [1.54, 1.807) is 0 Å². The summed E-state index contributed by atoms with van der Waals surface area (Å²) in [7, 11) is 2.20. The summed E-state index contributed by atoms with van der Waals surface area (Å²) in [5.74, 6) is 0. The molecule has 0 bridgehead atoms. The highest BCUT2D eigenvalue weighted by Gasteiger charge is 2.18. The van der Waals surface area contributed by atoms with Crippen LogP contribution in [0.4, 0.5) is 0 Å². The fraction of sp³-hybridized carbons (Fsp3) is 0.304. The molecule has 0 aliphatic rings. The van der Waals surface area contributed by atoms with Gasteiger partial charge in [0.15, 0.2) is 0 Å². The van der Waals surface area contributed by atoms with E-state index in [-0.39, 0.29) is 5.54 Å². The minimum atomic E-state index is 0.170. The van der Waals surface area contributed by atoms with E-state index in [0.717, 1.165) is 13.0 Å². The second-order valence-corrected chi connectivity index (χ2v) is 7.62. The summed E-state index contributed by atoms with van der Waals surface area (Å²) in [4.78, 5) is 2.41. The largest absolute Gasteiger partial charge is 0.297 e. The van der Waals surface area contributed by atoms with Crippen molar-refractivity contribution < 1.29 is 0 Å². The van der Waals surface area contributed by atoms with E-state index in [2.05, 4.69) is 99.4 Å². The Balaban J connectivity index is 1.98. The third kappa shape index (κ3) is 3.68. The van der Waals surface area contributed by atoms with Crippen molar-refractivity contribution in [3.63, 3.8) is 0 Å². The van der Waals surface area contributed by atoms with Crippen LogP contribution in [0.1, 0.15) is 37.5 Å². The highest BCUT2D eigenvalue weighted by molar-refractivity contribution is 5.89. The highest BCUT2D eigenvalue weighted by Crippen LogP contribution is 2.27. The molecule has 0 aromatic heterocycles. The molecule has 1 nitrogen and oxygen atoms in total. The van der Waals surface area contributed by atoms with Gasteiger partial charge in [-0.2, -0.15) is 0 Å². The quantitative estimate of drug-likeness (QED) is 0.600. The maximum atomic E-state index is 2.41. The highest BCUT2D eigenvalue weighted by atomic mass is 15.1. The van der Waals surface area contributed by atoms with Crippen LogP contribution in [0.2, 0.25) is 0 Å². The zero-order valence-corrected chi connectivity index (χ0v) is 15.2. The predicted octanol–water partition coefficient (Wildman–Crippen LogP) is 5.66. The third-order valence-corrected chi connectivity index (χ3v) is 4.89. The lowest BCUT2D eigenvalue weighted by Gasteiger charge is -2.32. The molecule has 24 heavy (non-hydrogen) atoms. The average Bonchev–Trinajstić information content (AvgIpc) is 2.57. The Kier molecular flexibility index (Phi) is 4.73. The maximum absolute atomic E-state index is 2.41. The SMILES string of the molecule is CN(Cc1ccc(Cc2ccccc2)c2ccccc12)C(C)(C)C. The van der Waals surface area contributed by atoms with E-state index in [4.69, 9.17) is 0 Å². The summed E-state index contributed by atoms with van der Waals surface area (Å²) in [6.45, 7) is 7.76. The van der Waals surface area contributed by atoms with Gasteiger partial charge in [-0.25, -0.2) is 0 Å². The van der Waals surface area contributed by atoms with Crippen LogP contribution in [0.25, 0.3) is 10.8 Å². The Morgan fingerprint density at radius 2 is 1.25 bits per heavy atom. The van der Waals surface area contributed by atoms with Gasteiger partial charge in [0, 0.05) is 12.1 Å².